The van der Waals surface area contributed by atoms with Gasteiger partial charge in [0.1, 0.15) is 5.75 Å². The van der Waals surface area contributed by atoms with Crippen LogP contribution in [0.4, 0.5) is 5.13 Å². The quantitative estimate of drug-likeness (QED) is 0.738. The number of amides is 1. The maximum atomic E-state index is 12.9. The SMILES string of the molecule is CCN(C(=O)C1Cc2ccccc2O1)c1nc2ccccc2s1. The monoisotopic (exact) mass is 324 g/mol. The molecule has 1 aliphatic rings. The number of thiazole rings is 1. The van der Waals surface area contributed by atoms with Gasteiger partial charge in [0.15, 0.2) is 11.2 Å². The van der Waals surface area contributed by atoms with Crippen molar-refractivity contribution >= 4 is 32.6 Å². The molecule has 1 unspecified atom stereocenters. The van der Waals surface area contributed by atoms with E-state index in [1.165, 1.54) is 11.3 Å². The summed E-state index contributed by atoms with van der Waals surface area (Å²) in [4.78, 5) is 19.2. The summed E-state index contributed by atoms with van der Waals surface area (Å²) < 4.78 is 6.92. The van der Waals surface area contributed by atoms with Gasteiger partial charge in [-0.15, -0.1) is 0 Å². The first-order valence-electron chi connectivity index (χ1n) is 7.68. The van der Waals surface area contributed by atoms with E-state index < -0.39 is 6.10 Å². The van der Waals surface area contributed by atoms with Gasteiger partial charge in [-0.05, 0) is 30.7 Å². The summed E-state index contributed by atoms with van der Waals surface area (Å²) in [6, 6.07) is 15.8. The highest BCUT2D eigenvalue weighted by Crippen LogP contribution is 2.32. The van der Waals surface area contributed by atoms with Gasteiger partial charge < -0.3 is 4.74 Å². The number of benzene rings is 2. The molecule has 0 N–H and O–H groups in total. The third-order valence-corrected chi connectivity index (χ3v) is 5.08. The van der Waals surface area contributed by atoms with Crippen LogP contribution in [0.2, 0.25) is 0 Å². The molecule has 0 saturated heterocycles. The van der Waals surface area contributed by atoms with Crippen LogP contribution >= 0.6 is 11.3 Å². The number of hydrogen-bond acceptors (Lipinski definition) is 4. The van der Waals surface area contributed by atoms with E-state index in [1.807, 2.05) is 55.5 Å². The Balaban J connectivity index is 1.61. The molecule has 116 valence electrons. The molecule has 0 radical (unpaired) electrons. The van der Waals surface area contributed by atoms with Crippen LogP contribution in [0.15, 0.2) is 48.5 Å². The summed E-state index contributed by atoms with van der Waals surface area (Å²) in [6.07, 6.45) is 0.163. The van der Waals surface area contributed by atoms with Crippen LogP contribution < -0.4 is 9.64 Å². The number of hydrogen-bond donors (Lipinski definition) is 0. The van der Waals surface area contributed by atoms with Crippen molar-refractivity contribution in [3.05, 3.63) is 54.1 Å². The second kappa shape index (κ2) is 5.66. The van der Waals surface area contributed by atoms with Crippen molar-refractivity contribution in [2.75, 3.05) is 11.4 Å². The molecule has 0 aliphatic carbocycles. The zero-order valence-electron chi connectivity index (χ0n) is 12.7. The Kier molecular flexibility index (Phi) is 3.50. The fourth-order valence-corrected chi connectivity index (χ4v) is 3.89. The molecule has 23 heavy (non-hydrogen) atoms. The van der Waals surface area contributed by atoms with Crippen LogP contribution in [0.1, 0.15) is 12.5 Å². The molecule has 1 amide bonds. The van der Waals surface area contributed by atoms with Gasteiger partial charge in [-0.1, -0.05) is 41.7 Å². The second-order valence-corrected chi connectivity index (χ2v) is 6.47. The molecular weight excluding hydrogens is 308 g/mol. The smallest absolute Gasteiger partial charge is 0.270 e. The molecule has 0 fully saturated rings. The number of likely N-dealkylation sites (N-methyl/N-ethyl adjacent to an activating group) is 1. The minimum Gasteiger partial charge on any atom is -0.480 e. The summed E-state index contributed by atoms with van der Waals surface area (Å²) in [5, 5.41) is 0.734. The number of para-hydroxylation sites is 2. The van der Waals surface area contributed by atoms with Crippen molar-refractivity contribution in [3.8, 4) is 5.75 Å². The number of aromatic nitrogens is 1. The van der Waals surface area contributed by atoms with E-state index in [4.69, 9.17) is 4.74 Å². The molecule has 1 aliphatic heterocycles. The molecule has 1 aromatic heterocycles. The highest BCUT2D eigenvalue weighted by molar-refractivity contribution is 7.22. The maximum absolute atomic E-state index is 12.9. The minimum absolute atomic E-state index is 0.0252. The van der Waals surface area contributed by atoms with E-state index in [0.717, 1.165) is 26.7 Å². The van der Waals surface area contributed by atoms with Crippen molar-refractivity contribution in [2.45, 2.75) is 19.4 Å². The minimum atomic E-state index is -0.459. The average Bonchev–Trinajstić information content (AvgIpc) is 3.19. The lowest BCUT2D eigenvalue weighted by atomic mass is 10.1. The molecule has 0 saturated carbocycles. The lowest BCUT2D eigenvalue weighted by Crippen LogP contribution is -2.41. The van der Waals surface area contributed by atoms with Gasteiger partial charge in [0.25, 0.3) is 5.91 Å². The molecular formula is C18H16N2O2S. The fraction of sp³-hybridized carbons (Fsp3) is 0.222. The summed E-state index contributed by atoms with van der Waals surface area (Å²) in [5.74, 6) is 0.786. The van der Waals surface area contributed by atoms with Gasteiger partial charge in [0.2, 0.25) is 0 Å². The van der Waals surface area contributed by atoms with Gasteiger partial charge >= 0.3 is 0 Å². The third-order valence-electron chi connectivity index (χ3n) is 4.02. The van der Waals surface area contributed by atoms with Crippen LogP contribution in [0.25, 0.3) is 10.2 Å². The number of rotatable bonds is 3. The van der Waals surface area contributed by atoms with Crippen molar-refractivity contribution in [1.82, 2.24) is 4.98 Å². The Bertz CT molecular complexity index is 816. The van der Waals surface area contributed by atoms with E-state index in [2.05, 4.69) is 4.98 Å². The fourth-order valence-electron chi connectivity index (χ4n) is 2.85. The van der Waals surface area contributed by atoms with Crippen molar-refractivity contribution < 1.29 is 9.53 Å². The first-order valence-corrected chi connectivity index (χ1v) is 8.49. The summed E-state index contributed by atoms with van der Waals surface area (Å²) in [7, 11) is 0. The standard InChI is InChI=1S/C18H16N2O2S/c1-2-20(18-19-13-8-4-6-10-16(13)23-18)17(21)15-11-12-7-3-5-9-14(12)22-15/h3-10,15H,2,11H2,1H3. The third kappa shape index (κ3) is 2.47. The van der Waals surface area contributed by atoms with E-state index in [1.54, 1.807) is 4.90 Å². The van der Waals surface area contributed by atoms with Gasteiger partial charge in [-0.3, -0.25) is 9.69 Å². The number of carbonyl (C=O) groups is 1. The maximum Gasteiger partial charge on any atom is 0.270 e. The highest BCUT2D eigenvalue weighted by atomic mass is 32.1. The van der Waals surface area contributed by atoms with E-state index >= 15 is 0 Å². The summed E-state index contributed by atoms with van der Waals surface area (Å²) >= 11 is 1.54. The van der Waals surface area contributed by atoms with Gasteiger partial charge in [0, 0.05) is 13.0 Å². The van der Waals surface area contributed by atoms with Gasteiger partial charge in [-0.2, -0.15) is 0 Å². The first-order chi connectivity index (χ1) is 11.3. The van der Waals surface area contributed by atoms with Crippen LogP contribution in [0, 0.1) is 0 Å². The van der Waals surface area contributed by atoms with Crippen LogP contribution in [-0.2, 0) is 11.2 Å². The molecule has 2 aromatic carbocycles. The Labute approximate surface area is 138 Å². The van der Waals surface area contributed by atoms with Crippen LogP contribution in [0.3, 0.4) is 0 Å². The topological polar surface area (TPSA) is 42.4 Å². The number of nitrogens with zero attached hydrogens (tertiary/aromatic N) is 2. The number of ether oxygens (including phenoxy) is 1. The van der Waals surface area contributed by atoms with Crippen molar-refractivity contribution in [3.63, 3.8) is 0 Å². The molecule has 3 aromatic rings. The van der Waals surface area contributed by atoms with E-state index in [9.17, 15) is 4.79 Å². The molecule has 0 bridgehead atoms. The number of anilines is 1. The number of carbonyl (C=O) groups excluding carboxylic acids is 1. The Morgan fingerprint density at radius 3 is 2.83 bits per heavy atom. The summed E-state index contributed by atoms with van der Waals surface area (Å²) in [5.41, 5.74) is 2.01. The lowest BCUT2D eigenvalue weighted by Gasteiger charge is -2.21. The summed E-state index contributed by atoms with van der Waals surface area (Å²) in [6.45, 7) is 2.54. The van der Waals surface area contributed by atoms with E-state index in [-0.39, 0.29) is 5.91 Å². The molecule has 5 heteroatoms. The van der Waals surface area contributed by atoms with Crippen LogP contribution in [0.5, 0.6) is 5.75 Å². The normalized spacial score (nSPS) is 16.1. The lowest BCUT2D eigenvalue weighted by molar-refractivity contribution is -0.124. The largest absolute Gasteiger partial charge is 0.480 e. The Hall–Kier alpha value is -2.40. The van der Waals surface area contributed by atoms with Crippen molar-refractivity contribution in [2.24, 2.45) is 0 Å². The Morgan fingerprint density at radius 1 is 1.26 bits per heavy atom. The molecule has 4 rings (SSSR count). The molecule has 4 nitrogen and oxygen atoms in total. The Morgan fingerprint density at radius 2 is 2.04 bits per heavy atom. The number of fused-ring (bicyclic) bond motifs is 2. The van der Waals surface area contributed by atoms with Crippen molar-refractivity contribution in [1.29, 1.82) is 0 Å². The zero-order chi connectivity index (χ0) is 15.8. The van der Waals surface area contributed by atoms with Gasteiger partial charge in [0.05, 0.1) is 10.2 Å². The zero-order valence-corrected chi connectivity index (χ0v) is 13.5. The van der Waals surface area contributed by atoms with E-state index in [0.29, 0.717) is 13.0 Å². The molecule has 0 spiro atoms. The van der Waals surface area contributed by atoms with Gasteiger partial charge in [-0.25, -0.2) is 4.98 Å². The second-order valence-electron chi connectivity index (χ2n) is 5.47. The molecule has 2 heterocycles. The predicted octanol–water partition coefficient (Wildman–Crippen LogP) is 3.65. The van der Waals surface area contributed by atoms with Crippen LogP contribution in [-0.4, -0.2) is 23.5 Å². The first kappa shape index (κ1) is 14.2. The average molecular weight is 324 g/mol. The molecule has 1 atom stereocenters. The predicted molar refractivity (Wildman–Crippen MR) is 92.2 cm³/mol. The highest BCUT2D eigenvalue weighted by Gasteiger charge is 2.33.